The Balaban J connectivity index is 1.71. The molecular formula is C18H16AsCl2N4O2S. The Labute approximate surface area is 180 Å². The van der Waals surface area contributed by atoms with Gasteiger partial charge >= 0.3 is 181 Å². The van der Waals surface area contributed by atoms with Gasteiger partial charge in [0, 0.05) is 0 Å². The number of rotatable bonds is 6. The van der Waals surface area contributed by atoms with Crippen LogP contribution in [-0.4, -0.2) is 34.1 Å². The standard InChI is InChI=1S/C18H16AsCl2N4O2S/c20-14-3-1-2-13(17(14)21)15-10-16(25-18(22)24-15)19-9-8-11-4-6-12(7-5-11)28(23,26)27/h1-7,10H,8-9H2,(H2,22,24,25)(H2,23,26,27). The van der Waals surface area contributed by atoms with E-state index in [1.165, 1.54) is 12.1 Å². The Morgan fingerprint density at radius 2 is 1.75 bits per heavy atom. The molecule has 0 atom stereocenters. The molecule has 0 saturated carbocycles. The van der Waals surface area contributed by atoms with E-state index in [9.17, 15) is 8.42 Å². The summed E-state index contributed by atoms with van der Waals surface area (Å²) >= 11 is 12.1. The third kappa shape index (κ3) is 5.25. The molecule has 28 heavy (non-hydrogen) atoms. The number of primary sulfonamides is 1. The van der Waals surface area contributed by atoms with Crippen LogP contribution in [0.25, 0.3) is 11.3 Å². The molecule has 10 heteroatoms. The number of nitrogens with two attached hydrogens (primary N) is 2. The number of aryl methyl sites for hydroxylation is 1. The van der Waals surface area contributed by atoms with E-state index in [4.69, 9.17) is 34.1 Å². The van der Waals surface area contributed by atoms with Gasteiger partial charge in [0.2, 0.25) is 0 Å². The Hall–Kier alpha value is -1.63. The quantitative estimate of drug-likeness (QED) is 0.508. The third-order valence-electron chi connectivity index (χ3n) is 3.88. The van der Waals surface area contributed by atoms with Crippen LogP contribution in [0, 0.1) is 0 Å². The first-order valence-electron chi connectivity index (χ1n) is 8.12. The molecule has 3 rings (SSSR count). The van der Waals surface area contributed by atoms with Crippen LogP contribution in [0.2, 0.25) is 15.3 Å². The average molecular weight is 498 g/mol. The number of nitrogens with zero attached hydrogens (tertiary/aromatic N) is 2. The van der Waals surface area contributed by atoms with Crippen molar-refractivity contribution in [2.45, 2.75) is 16.5 Å². The molecule has 0 aliphatic heterocycles. The van der Waals surface area contributed by atoms with Crippen molar-refractivity contribution in [1.82, 2.24) is 9.97 Å². The first kappa shape index (κ1) is 21.1. The van der Waals surface area contributed by atoms with Gasteiger partial charge in [-0.05, 0) is 0 Å². The number of sulfonamides is 1. The number of anilines is 1. The molecule has 2 aromatic carbocycles. The summed E-state index contributed by atoms with van der Waals surface area (Å²) in [5, 5.41) is 6.89. The van der Waals surface area contributed by atoms with Crippen molar-refractivity contribution in [3.05, 3.63) is 64.1 Å². The van der Waals surface area contributed by atoms with E-state index in [2.05, 4.69) is 9.97 Å². The Bertz CT molecular complexity index is 1110. The maximum atomic E-state index is 11.3. The first-order chi connectivity index (χ1) is 13.2. The number of hydrogen-bond donors (Lipinski definition) is 2. The van der Waals surface area contributed by atoms with Gasteiger partial charge < -0.3 is 0 Å². The summed E-state index contributed by atoms with van der Waals surface area (Å²) in [7, 11) is -3.67. The number of benzene rings is 2. The number of hydrogen-bond acceptors (Lipinski definition) is 5. The summed E-state index contributed by atoms with van der Waals surface area (Å²) < 4.78 is 23.5. The van der Waals surface area contributed by atoms with Crippen LogP contribution in [0.3, 0.4) is 0 Å². The topological polar surface area (TPSA) is 112 Å². The SMILES string of the molecule is Nc1nc([As]CCc2ccc(S(N)(=O)=O)cc2)cc(-c2cccc(Cl)c2Cl)n1. The van der Waals surface area contributed by atoms with E-state index in [-0.39, 0.29) is 26.6 Å². The van der Waals surface area contributed by atoms with Crippen molar-refractivity contribution in [3.8, 4) is 11.3 Å². The second kappa shape index (κ2) is 8.80. The molecule has 0 fully saturated rings. The summed E-state index contributed by atoms with van der Waals surface area (Å²) in [5.74, 6) is 0.191. The summed E-state index contributed by atoms with van der Waals surface area (Å²) in [6.07, 6.45) is 0.794. The third-order valence-corrected chi connectivity index (χ3v) is 7.73. The van der Waals surface area contributed by atoms with E-state index in [0.717, 1.165) is 21.7 Å². The summed E-state index contributed by atoms with van der Waals surface area (Å²) in [6, 6.07) is 13.8. The molecule has 0 saturated heterocycles. The van der Waals surface area contributed by atoms with Gasteiger partial charge in [0.1, 0.15) is 0 Å². The molecule has 0 aliphatic rings. The summed E-state index contributed by atoms with van der Waals surface area (Å²) in [6.45, 7) is 0. The van der Waals surface area contributed by atoms with Gasteiger partial charge in [-0.25, -0.2) is 0 Å². The van der Waals surface area contributed by atoms with Crippen LogP contribution in [0.5, 0.6) is 0 Å². The van der Waals surface area contributed by atoms with E-state index in [1.807, 2.05) is 12.1 Å². The van der Waals surface area contributed by atoms with E-state index < -0.39 is 10.0 Å². The first-order valence-corrected chi connectivity index (χ1v) is 12.7. The monoisotopic (exact) mass is 497 g/mol. The van der Waals surface area contributed by atoms with E-state index >= 15 is 0 Å². The minimum absolute atomic E-state index is 0.108. The van der Waals surface area contributed by atoms with Gasteiger partial charge in [-0.1, -0.05) is 0 Å². The Morgan fingerprint density at radius 3 is 2.43 bits per heavy atom. The van der Waals surface area contributed by atoms with E-state index in [0.29, 0.717) is 21.3 Å². The van der Waals surface area contributed by atoms with Crippen molar-refractivity contribution in [1.29, 1.82) is 0 Å². The molecule has 4 N–H and O–H groups in total. The predicted molar refractivity (Wildman–Crippen MR) is 114 cm³/mol. The van der Waals surface area contributed by atoms with Crippen LogP contribution in [0.15, 0.2) is 53.4 Å². The van der Waals surface area contributed by atoms with Crippen molar-refractivity contribution in [2.75, 3.05) is 5.73 Å². The van der Waals surface area contributed by atoms with Gasteiger partial charge in [0.15, 0.2) is 0 Å². The number of aromatic nitrogens is 2. The molecular weight excluding hydrogens is 482 g/mol. The van der Waals surface area contributed by atoms with Crippen LogP contribution >= 0.6 is 23.2 Å². The molecule has 3 aromatic rings. The second-order valence-electron chi connectivity index (χ2n) is 5.89. The molecule has 0 unspecified atom stereocenters. The van der Waals surface area contributed by atoms with Crippen LogP contribution in [0.4, 0.5) is 5.95 Å². The molecule has 1 heterocycles. The normalized spacial score (nSPS) is 12.0. The van der Waals surface area contributed by atoms with E-state index in [1.54, 1.807) is 24.3 Å². The zero-order valence-corrected chi connectivity index (χ0v) is 18.7. The van der Waals surface area contributed by atoms with Crippen molar-refractivity contribution in [2.24, 2.45) is 5.14 Å². The maximum absolute atomic E-state index is 11.3. The van der Waals surface area contributed by atoms with Crippen molar-refractivity contribution >= 4 is 59.4 Å². The summed E-state index contributed by atoms with van der Waals surface area (Å²) in [4.78, 5) is 8.71. The zero-order valence-electron chi connectivity index (χ0n) is 14.5. The van der Waals surface area contributed by atoms with Crippen LogP contribution in [-0.2, 0) is 16.4 Å². The fraction of sp³-hybridized carbons (Fsp3) is 0.111. The van der Waals surface area contributed by atoms with Gasteiger partial charge in [0.25, 0.3) is 0 Å². The van der Waals surface area contributed by atoms with Crippen molar-refractivity contribution < 1.29 is 8.42 Å². The molecule has 1 aromatic heterocycles. The van der Waals surface area contributed by atoms with Crippen LogP contribution in [0.1, 0.15) is 5.56 Å². The zero-order chi connectivity index (χ0) is 20.3. The Morgan fingerprint density at radius 1 is 1.04 bits per heavy atom. The second-order valence-corrected chi connectivity index (χ2v) is 10.8. The molecule has 1 radical (unpaired) electrons. The van der Waals surface area contributed by atoms with Gasteiger partial charge in [0.05, 0.1) is 0 Å². The fourth-order valence-corrected chi connectivity index (χ4v) is 5.50. The molecule has 145 valence electrons. The average Bonchev–Trinajstić information content (AvgIpc) is 2.63. The number of halogens is 2. The minimum atomic E-state index is -3.67. The fourth-order valence-electron chi connectivity index (χ4n) is 2.52. The molecule has 0 aliphatic carbocycles. The molecule has 0 spiro atoms. The number of nitrogen functional groups attached to an aromatic ring is 1. The predicted octanol–water partition coefficient (Wildman–Crippen LogP) is 2.67. The molecule has 0 bridgehead atoms. The molecule has 0 amide bonds. The van der Waals surface area contributed by atoms with Gasteiger partial charge in [-0.15, -0.1) is 0 Å². The Kier molecular flexibility index (Phi) is 6.63. The van der Waals surface area contributed by atoms with Gasteiger partial charge in [-0.3, -0.25) is 0 Å². The van der Waals surface area contributed by atoms with Crippen molar-refractivity contribution in [3.63, 3.8) is 0 Å². The van der Waals surface area contributed by atoms with Gasteiger partial charge in [-0.2, -0.15) is 0 Å². The molecule has 6 nitrogen and oxygen atoms in total. The summed E-state index contributed by atoms with van der Waals surface area (Å²) in [5.41, 5.74) is 8.26. The van der Waals surface area contributed by atoms with Crippen LogP contribution < -0.4 is 15.4 Å².